The molecule has 0 aliphatic heterocycles. The molecule has 152 valence electrons. The number of aliphatic imine (C=N–C) groups is 1. The number of aryl methyl sites for hydroxylation is 1. The highest BCUT2D eigenvalue weighted by atomic mass is 127. The van der Waals surface area contributed by atoms with Crippen molar-refractivity contribution in [2.45, 2.75) is 19.8 Å². The van der Waals surface area contributed by atoms with Crippen LogP contribution in [-0.4, -0.2) is 32.0 Å². The second kappa shape index (κ2) is 12.6. The molecule has 8 heteroatoms. The summed E-state index contributed by atoms with van der Waals surface area (Å²) in [4.78, 5) is 16.2. The number of amides is 1. The summed E-state index contributed by atoms with van der Waals surface area (Å²) in [5, 5.41) is 9.57. The van der Waals surface area contributed by atoms with Gasteiger partial charge in [-0.1, -0.05) is 29.8 Å². The third kappa shape index (κ3) is 8.43. The molecule has 0 aromatic heterocycles. The first-order valence-electron chi connectivity index (χ1n) is 8.73. The second-order valence-electron chi connectivity index (χ2n) is 6.08. The van der Waals surface area contributed by atoms with Crippen LogP contribution < -0.4 is 16.0 Å². The number of nitrogens with one attached hydrogen (secondary N) is 3. The van der Waals surface area contributed by atoms with Crippen molar-refractivity contribution < 1.29 is 9.18 Å². The van der Waals surface area contributed by atoms with Crippen molar-refractivity contribution in [3.63, 3.8) is 0 Å². The largest absolute Gasteiger partial charge is 0.356 e. The van der Waals surface area contributed by atoms with Gasteiger partial charge in [0.15, 0.2) is 5.96 Å². The minimum Gasteiger partial charge on any atom is -0.356 e. The fourth-order valence-electron chi connectivity index (χ4n) is 2.43. The van der Waals surface area contributed by atoms with Gasteiger partial charge >= 0.3 is 0 Å². The zero-order valence-electron chi connectivity index (χ0n) is 15.9. The van der Waals surface area contributed by atoms with Crippen LogP contribution in [0.1, 0.15) is 17.5 Å². The summed E-state index contributed by atoms with van der Waals surface area (Å²) in [5.74, 6) is 0.239. The predicted molar refractivity (Wildman–Crippen MR) is 124 cm³/mol. The van der Waals surface area contributed by atoms with Gasteiger partial charge in [0, 0.05) is 26.6 Å². The number of hydrogen-bond acceptors (Lipinski definition) is 2. The molecule has 0 bridgehead atoms. The Morgan fingerprint density at radius 3 is 2.43 bits per heavy atom. The van der Waals surface area contributed by atoms with E-state index in [1.807, 2.05) is 19.1 Å². The first kappa shape index (κ1) is 24.2. The number of nitrogens with zero attached hydrogens (tertiary/aromatic N) is 1. The van der Waals surface area contributed by atoms with Crippen LogP contribution in [0.25, 0.3) is 0 Å². The molecule has 0 unspecified atom stereocenters. The van der Waals surface area contributed by atoms with Crippen LogP contribution in [0.4, 0.5) is 10.1 Å². The molecule has 0 atom stereocenters. The first-order chi connectivity index (χ1) is 13.0. The zero-order valence-corrected chi connectivity index (χ0v) is 19.0. The highest BCUT2D eigenvalue weighted by molar-refractivity contribution is 14.0. The molecule has 0 radical (unpaired) electrons. The van der Waals surface area contributed by atoms with E-state index in [0.717, 1.165) is 17.5 Å². The fourth-order valence-corrected chi connectivity index (χ4v) is 2.71. The maximum atomic E-state index is 12.9. The van der Waals surface area contributed by atoms with Gasteiger partial charge in [-0.05, 0) is 48.7 Å². The van der Waals surface area contributed by atoms with Crippen molar-refractivity contribution in [3.8, 4) is 0 Å². The molecule has 1 amide bonds. The Morgan fingerprint density at radius 2 is 1.79 bits per heavy atom. The smallest absolute Gasteiger partial charge is 0.226 e. The Labute approximate surface area is 187 Å². The molecule has 2 aromatic rings. The molecule has 0 fully saturated rings. The van der Waals surface area contributed by atoms with Crippen molar-refractivity contribution in [1.29, 1.82) is 0 Å². The third-order valence-electron chi connectivity index (χ3n) is 3.89. The van der Waals surface area contributed by atoms with E-state index in [0.29, 0.717) is 29.8 Å². The van der Waals surface area contributed by atoms with Gasteiger partial charge in [-0.2, -0.15) is 0 Å². The van der Waals surface area contributed by atoms with Crippen LogP contribution in [0.15, 0.2) is 47.5 Å². The average molecular weight is 519 g/mol. The summed E-state index contributed by atoms with van der Waals surface area (Å²) < 4.78 is 12.9. The molecule has 0 saturated heterocycles. The lowest BCUT2D eigenvalue weighted by Gasteiger charge is -2.12. The Balaban J connectivity index is 0.00000392. The highest BCUT2D eigenvalue weighted by Gasteiger charge is 2.06. The lowest BCUT2D eigenvalue weighted by Crippen LogP contribution is -2.39. The first-order valence-corrected chi connectivity index (χ1v) is 9.10. The monoisotopic (exact) mass is 518 g/mol. The van der Waals surface area contributed by atoms with Crippen molar-refractivity contribution in [2.24, 2.45) is 4.99 Å². The molecule has 0 saturated carbocycles. The zero-order chi connectivity index (χ0) is 19.6. The molecule has 0 heterocycles. The van der Waals surface area contributed by atoms with Crippen molar-refractivity contribution in [3.05, 3.63) is 64.4 Å². The molecule has 0 aliphatic carbocycles. The number of carbonyl (C=O) groups excluding carboxylic acids is 1. The minimum atomic E-state index is -0.241. The maximum absolute atomic E-state index is 12.9. The van der Waals surface area contributed by atoms with E-state index in [9.17, 15) is 9.18 Å². The van der Waals surface area contributed by atoms with Crippen LogP contribution in [0.5, 0.6) is 0 Å². The number of hydrogen-bond donors (Lipinski definition) is 3. The van der Waals surface area contributed by atoms with Gasteiger partial charge in [-0.15, -0.1) is 24.0 Å². The van der Waals surface area contributed by atoms with Crippen LogP contribution in [0, 0.1) is 12.7 Å². The van der Waals surface area contributed by atoms with Crippen LogP contribution in [0.3, 0.4) is 0 Å². The Bertz CT molecular complexity index is 799. The van der Waals surface area contributed by atoms with Crippen molar-refractivity contribution in [1.82, 2.24) is 10.6 Å². The lowest BCUT2D eigenvalue weighted by molar-refractivity contribution is -0.116. The van der Waals surface area contributed by atoms with Gasteiger partial charge in [0.25, 0.3) is 0 Å². The third-order valence-corrected chi connectivity index (χ3v) is 4.20. The van der Waals surface area contributed by atoms with Gasteiger partial charge < -0.3 is 16.0 Å². The van der Waals surface area contributed by atoms with E-state index < -0.39 is 0 Å². The van der Waals surface area contributed by atoms with Gasteiger partial charge in [0.1, 0.15) is 5.82 Å². The van der Waals surface area contributed by atoms with E-state index >= 15 is 0 Å². The molecule has 2 aromatic carbocycles. The average Bonchev–Trinajstić information content (AvgIpc) is 2.64. The number of halogens is 3. The van der Waals surface area contributed by atoms with Gasteiger partial charge in [-0.25, -0.2) is 4.39 Å². The van der Waals surface area contributed by atoms with Crippen LogP contribution in [-0.2, 0) is 11.2 Å². The molecule has 3 N–H and O–H groups in total. The number of guanidine groups is 1. The summed E-state index contributed by atoms with van der Waals surface area (Å²) in [7, 11) is 1.67. The van der Waals surface area contributed by atoms with E-state index in [-0.39, 0.29) is 42.1 Å². The lowest BCUT2D eigenvalue weighted by atomic mass is 10.1. The summed E-state index contributed by atoms with van der Waals surface area (Å²) in [6.07, 6.45) is 1.02. The Hall–Kier alpha value is -1.87. The van der Waals surface area contributed by atoms with Crippen molar-refractivity contribution >= 4 is 53.1 Å². The highest BCUT2D eigenvalue weighted by Crippen LogP contribution is 2.22. The van der Waals surface area contributed by atoms with Gasteiger partial charge in [0.2, 0.25) is 5.91 Å². The second-order valence-corrected chi connectivity index (χ2v) is 6.49. The number of rotatable bonds is 7. The normalized spacial score (nSPS) is 10.8. The summed E-state index contributed by atoms with van der Waals surface area (Å²) >= 11 is 6.12. The van der Waals surface area contributed by atoms with Crippen LogP contribution in [0.2, 0.25) is 5.02 Å². The quantitative estimate of drug-likeness (QED) is 0.293. The van der Waals surface area contributed by atoms with Gasteiger partial charge in [-0.3, -0.25) is 9.79 Å². The fraction of sp³-hybridized carbons (Fsp3) is 0.300. The molecule has 28 heavy (non-hydrogen) atoms. The molecule has 5 nitrogen and oxygen atoms in total. The summed E-state index contributed by atoms with van der Waals surface area (Å²) in [5.41, 5.74) is 2.68. The predicted octanol–water partition coefficient (Wildman–Crippen LogP) is 4.14. The summed E-state index contributed by atoms with van der Waals surface area (Å²) in [6.45, 7) is 3.03. The standard InChI is InChI=1S/C20H24ClFN4O.HI/c1-14-3-8-18(17(21)13-14)26-19(27)10-12-25-20(23-2)24-11-9-15-4-6-16(22)7-5-15;/h3-8,13H,9-12H2,1-2H3,(H,26,27)(H2,23,24,25);1H. The van der Waals surface area contributed by atoms with Crippen molar-refractivity contribution in [2.75, 3.05) is 25.5 Å². The summed E-state index contributed by atoms with van der Waals surface area (Å²) in [6, 6.07) is 11.9. The number of benzene rings is 2. The molecule has 2 rings (SSSR count). The maximum Gasteiger partial charge on any atom is 0.226 e. The van der Waals surface area contributed by atoms with E-state index in [1.165, 1.54) is 12.1 Å². The van der Waals surface area contributed by atoms with E-state index in [4.69, 9.17) is 11.6 Å². The van der Waals surface area contributed by atoms with Gasteiger partial charge in [0.05, 0.1) is 10.7 Å². The molecule has 0 aliphatic rings. The minimum absolute atomic E-state index is 0. The SMILES string of the molecule is CN=C(NCCC(=O)Nc1ccc(C)cc1Cl)NCCc1ccc(F)cc1.I. The topological polar surface area (TPSA) is 65.5 Å². The van der Waals surface area contributed by atoms with E-state index in [1.54, 1.807) is 25.2 Å². The molecular weight excluding hydrogens is 494 g/mol. The Morgan fingerprint density at radius 1 is 1.11 bits per heavy atom. The Kier molecular flexibility index (Phi) is 10.8. The number of anilines is 1. The molecule has 0 spiro atoms. The number of carbonyl (C=O) groups is 1. The van der Waals surface area contributed by atoms with E-state index in [2.05, 4.69) is 20.9 Å². The van der Waals surface area contributed by atoms with Crippen LogP contribution >= 0.6 is 35.6 Å². The molecular formula is C20H25ClFIN4O.